The van der Waals surface area contributed by atoms with Gasteiger partial charge in [-0.1, -0.05) is 35.9 Å². The first-order valence-corrected chi connectivity index (χ1v) is 8.61. The van der Waals surface area contributed by atoms with E-state index in [1.807, 2.05) is 32.0 Å². The Labute approximate surface area is 164 Å². The summed E-state index contributed by atoms with van der Waals surface area (Å²) in [5, 5.41) is 9.14. The number of amides is 1. The molecule has 27 heavy (non-hydrogen) atoms. The summed E-state index contributed by atoms with van der Waals surface area (Å²) in [5.41, 5.74) is 3.09. The van der Waals surface area contributed by atoms with Crippen LogP contribution in [-0.2, 0) is 4.79 Å². The van der Waals surface area contributed by atoms with E-state index in [0.717, 1.165) is 11.1 Å². The molecule has 0 aromatic heterocycles. The number of halogens is 1. The largest absolute Gasteiger partial charge is 0.481 e. The van der Waals surface area contributed by atoms with Crippen molar-refractivity contribution in [2.45, 2.75) is 20.3 Å². The Morgan fingerprint density at radius 1 is 1.00 bits per heavy atom. The lowest BCUT2D eigenvalue weighted by atomic mass is 9.94. The molecule has 3 rings (SSSR count). The number of carboxylic acid groups (broad SMARTS) is 1. The van der Waals surface area contributed by atoms with E-state index in [9.17, 15) is 14.4 Å². The lowest BCUT2D eigenvalue weighted by Crippen LogP contribution is -2.31. The van der Waals surface area contributed by atoms with Crippen LogP contribution in [-0.4, -0.2) is 40.8 Å². The van der Waals surface area contributed by atoms with Crippen LogP contribution in [0.5, 0.6) is 0 Å². The normalized spacial score (nSPS) is 15.9. The molecule has 5 nitrogen and oxygen atoms in total. The summed E-state index contributed by atoms with van der Waals surface area (Å²) in [7, 11) is 0. The van der Waals surface area contributed by atoms with Crippen LogP contribution in [0.2, 0.25) is 0 Å². The number of likely N-dealkylation sites (tertiary alicyclic amines) is 1. The monoisotopic (exact) mass is 387 g/mol. The van der Waals surface area contributed by atoms with Crippen molar-refractivity contribution in [1.82, 2.24) is 4.90 Å². The maximum absolute atomic E-state index is 13.1. The molecule has 1 aliphatic heterocycles. The van der Waals surface area contributed by atoms with Gasteiger partial charge in [0.2, 0.25) is 0 Å². The highest BCUT2D eigenvalue weighted by atomic mass is 35.5. The molecule has 1 unspecified atom stereocenters. The third-order valence-electron chi connectivity index (χ3n) is 4.86. The first kappa shape index (κ1) is 20.6. The Bertz CT molecular complexity index is 894. The van der Waals surface area contributed by atoms with Crippen LogP contribution < -0.4 is 0 Å². The van der Waals surface area contributed by atoms with Gasteiger partial charge in [0.1, 0.15) is 0 Å². The van der Waals surface area contributed by atoms with E-state index >= 15 is 0 Å². The Kier molecular flexibility index (Phi) is 6.39. The zero-order chi connectivity index (χ0) is 18.8. The van der Waals surface area contributed by atoms with Crippen molar-refractivity contribution in [3.8, 4) is 0 Å². The number of aliphatic carboxylic acids is 1. The van der Waals surface area contributed by atoms with E-state index in [-0.39, 0.29) is 30.6 Å². The number of hydrogen-bond donors (Lipinski definition) is 1. The van der Waals surface area contributed by atoms with Crippen molar-refractivity contribution in [2.24, 2.45) is 5.92 Å². The Balaban J connectivity index is 0.00000261. The summed E-state index contributed by atoms with van der Waals surface area (Å²) in [5.74, 6) is -1.91. The number of carbonyl (C=O) groups excluding carboxylic acids is 2. The highest BCUT2D eigenvalue weighted by molar-refractivity contribution is 6.16. The number of rotatable bonds is 4. The first-order valence-electron chi connectivity index (χ1n) is 8.61. The summed E-state index contributed by atoms with van der Waals surface area (Å²) in [4.78, 5) is 38.6. The number of carbonyl (C=O) groups is 3. The molecule has 2 aromatic carbocycles. The second kappa shape index (κ2) is 8.35. The number of ketones is 1. The molecule has 0 radical (unpaired) electrons. The van der Waals surface area contributed by atoms with E-state index in [4.69, 9.17) is 5.11 Å². The lowest BCUT2D eigenvalue weighted by Gasteiger charge is -2.18. The molecular formula is C21H22ClNO4. The summed E-state index contributed by atoms with van der Waals surface area (Å²) >= 11 is 0. The van der Waals surface area contributed by atoms with Gasteiger partial charge >= 0.3 is 5.97 Å². The van der Waals surface area contributed by atoms with Gasteiger partial charge in [0.05, 0.1) is 11.5 Å². The molecule has 0 spiro atoms. The van der Waals surface area contributed by atoms with E-state index < -0.39 is 11.9 Å². The Morgan fingerprint density at radius 3 is 2.30 bits per heavy atom. The topological polar surface area (TPSA) is 74.7 Å². The predicted molar refractivity (Wildman–Crippen MR) is 105 cm³/mol. The van der Waals surface area contributed by atoms with Crippen molar-refractivity contribution < 1.29 is 19.5 Å². The van der Waals surface area contributed by atoms with Gasteiger partial charge < -0.3 is 10.0 Å². The molecule has 1 aliphatic rings. The third-order valence-corrected chi connectivity index (χ3v) is 4.86. The molecular weight excluding hydrogens is 366 g/mol. The zero-order valence-electron chi connectivity index (χ0n) is 15.3. The van der Waals surface area contributed by atoms with Gasteiger partial charge in [-0.15, -0.1) is 12.4 Å². The van der Waals surface area contributed by atoms with Crippen molar-refractivity contribution in [2.75, 3.05) is 13.1 Å². The van der Waals surface area contributed by atoms with E-state index in [2.05, 4.69) is 0 Å². The molecule has 1 amide bonds. The average molecular weight is 388 g/mol. The SMILES string of the molecule is Cc1ccc(C)c(C(=O)c2ccccc2C(=O)N2CCC(C(=O)O)C2)c1.Cl. The molecule has 2 aromatic rings. The van der Waals surface area contributed by atoms with Crippen LogP contribution in [0.4, 0.5) is 0 Å². The third kappa shape index (κ3) is 4.19. The van der Waals surface area contributed by atoms with Crippen LogP contribution in [0.15, 0.2) is 42.5 Å². The zero-order valence-corrected chi connectivity index (χ0v) is 16.1. The fourth-order valence-electron chi connectivity index (χ4n) is 3.31. The second-order valence-electron chi connectivity index (χ2n) is 6.77. The molecule has 1 heterocycles. The standard InChI is InChI=1S/C21H21NO4.ClH/c1-13-7-8-14(2)18(11-13)19(23)16-5-3-4-6-17(16)20(24)22-10-9-15(12-22)21(25)26;/h3-8,11,15H,9-10,12H2,1-2H3,(H,25,26);1H. The van der Waals surface area contributed by atoms with Crippen LogP contribution in [0, 0.1) is 19.8 Å². The van der Waals surface area contributed by atoms with Gasteiger partial charge in [-0.2, -0.15) is 0 Å². The van der Waals surface area contributed by atoms with Crippen molar-refractivity contribution >= 4 is 30.1 Å². The maximum atomic E-state index is 13.1. The van der Waals surface area contributed by atoms with Crippen molar-refractivity contribution in [3.63, 3.8) is 0 Å². The van der Waals surface area contributed by atoms with Gasteiger partial charge in [0.15, 0.2) is 5.78 Å². The Morgan fingerprint density at radius 2 is 1.67 bits per heavy atom. The summed E-state index contributed by atoms with van der Waals surface area (Å²) < 4.78 is 0. The van der Waals surface area contributed by atoms with Gasteiger partial charge in [-0.05, 0) is 38.0 Å². The smallest absolute Gasteiger partial charge is 0.308 e. The first-order chi connectivity index (χ1) is 12.4. The molecule has 0 saturated carbocycles. The molecule has 1 saturated heterocycles. The number of carboxylic acids is 1. The molecule has 1 fully saturated rings. The van der Waals surface area contributed by atoms with E-state index in [1.165, 1.54) is 4.90 Å². The van der Waals surface area contributed by atoms with E-state index in [1.54, 1.807) is 24.3 Å². The minimum absolute atomic E-state index is 0. The van der Waals surface area contributed by atoms with Gasteiger partial charge in [-0.25, -0.2) is 0 Å². The molecule has 0 aliphatic carbocycles. The minimum Gasteiger partial charge on any atom is -0.481 e. The van der Waals surface area contributed by atoms with Crippen molar-refractivity contribution in [1.29, 1.82) is 0 Å². The van der Waals surface area contributed by atoms with Crippen LogP contribution >= 0.6 is 12.4 Å². The molecule has 142 valence electrons. The molecule has 0 bridgehead atoms. The maximum Gasteiger partial charge on any atom is 0.308 e. The molecule has 1 atom stereocenters. The van der Waals surface area contributed by atoms with Gasteiger partial charge in [-0.3, -0.25) is 14.4 Å². The number of nitrogens with zero attached hydrogens (tertiary/aromatic N) is 1. The number of hydrogen-bond acceptors (Lipinski definition) is 3. The lowest BCUT2D eigenvalue weighted by molar-refractivity contribution is -0.141. The molecule has 6 heteroatoms. The Hall–Kier alpha value is -2.66. The van der Waals surface area contributed by atoms with E-state index in [0.29, 0.717) is 29.7 Å². The van der Waals surface area contributed by atoms with Crippen molar-refractivity contribution in [3.05, 3.63) is 70.3 Å². The van der Waals surface area contributed by atoms with Gasteiger partial charge in [0.25, 0.3) is 5.91 Å². The molecule has 1 N–H and O–H groups in total. The predicted octanol–water partition coefficient (Wildman–Crippen LogP) is 3.50. The fraction of sp³-hybridized carbons (Fsp3) is 0.286. The highest BCUT2D eigenvalue weighted by Gasteiger charge is 2.32. The van der Waals surface area contributed by atoms with Gasteiger partial charge in [0, 0.05) is 24.2 Å². The number of aryl methyl sites for hydroxylation is 2. The minimum atomic E-state index is -0.889. The average Bonchev–Trinajstić information content (AvgIpc) is 3.13. The summed E-state index contributed by atoms with van der Waals surface area (Å²) in [6.07, 6.45) is 0.439. The number of benzene rings is 2. The fourth-order valence-corrected chi connectivity index (χ4v) is 3.31. The highest BCUT2D eigenvalue weighted by Crippen LogP contribution is 2.23. The summed E-state index contributed by atoms with van der Waals surface area (Å²) in [6.45, 7) is 4.36. The van der Waals surface area contributed by atoms with Crippen LogP contribution in [0.25, 0.3) is 0 Å². The van der Waals surface area contributed by atoms with Crippen LogP contribution in [0.1, 0.15) is 43.8 Å². The quantitative estimate of drug-likeness (QED) is 0.815. The second-order valence-corrected chi connectivity index (χ2v) is 6.77. The summed E-state index contributed by atoms with van der Waals surface area (Å²) in [6, 6.07) is 12.4. The van der Waals surface area contributed by atoms with Crippen LogP contribution in [0.3, 0.4) is 0 Å².